The van der Waals surface area contributed by atoms with Gasteiger partial charge in [0, 0.05) is 12.1 Å². The summed E-state index contributed by atoms with van der Waals surface area (Å²) >= 11 is 0. The monoisotopic (exact) mass is 217 g/mol. The second-order valence-electron chi connectivity index (χ2n) is 3.19. The number of aryl methyl sites for hydroxylation is 1. The van der Waals surface area contributed by atoms with Gasteiger partial charge in [-0.3, -0.25) is 9.59 Å². The van der Waals surface area contributed by atoms with E-state index in [-0.39, 0.29) is 6.42 Å². The van der Waals surface area contributed by atoms with Gasteiger partial charge < -0.3 is 10.4 Å². The molecule has 0 aliphatic heterocycles. The molecule has 0 aromatic heterocycles. The van der Waals surface area contributed by atoms with E-state index in [1.165, 1.54) is 0 Å². The molecule has 0 saturated heterocycles. The zero-order valence-corrected chi connectivity index (χ0v) is 8.56. The number of anilines is 1. The highest BCUT2D eigenvalue weighted by Crippen LogP contribution is 2.10. The van der Waals surface area contributed by atoms with Crippen LogP contribution >= 0.6 is 0 Å². The van der Waals surface area contributed by atoms with Crippen LogP contribution in [0.4, 0.5) is 5.69 Å². The summed E-state index contributed by atoms with van der Waals surface area (Å²) in [6.07, 6.45) is 5.47. The molecule has 0 spiro atoms. The molecule has 0 radical (unpaired) electrons. The Balaban J connectivity index is 2.58. The van der Waals surface area contributed by atoms with Crippen LogP contribution in [-0.2, 0) is 16.0 Å². The molecule has 0 aliphatic carbocycles. The quantitative estimate of drug-likeness (QED) is 0.746. The maximum absolute atomic E-state index is 10.9. The van der Waals surface area contributed by atoms with Gasteiger partial charge in [-0.05, 0) is 30.0 Å². The number of amides is 1. The Morgan fingerprint density at radius 2 is 1.94 bits per heavy atom. The van der Waals surface area contributed by atoms with E-state index in [2.05, 4.69) is 5.32 Å². The molecular formula is C12H11NO3. The third kappa shape index (κ3) is 3.84. The van der Waals surface area contributed by atoms with Gasteiger partial charge in [0.15, 0.2) is 0 Å². The molecule has 0 atom stereocenters. The van der Waals surface area contributed by atoms with E-state index < -0.39 is 11.9 Å². The minimum atomic E-state index is -0.829. The van der Waals surface area contributed by atoms with Crippen LogP contribution in [0.5, 0.6) is 0 Å². The van der Waals surface area contributed by atoms with Gasteiger partial charge in [0.1, 0.15) is 0 Å². The number of hydrogen-bond donors (Lipinski definition) is 2. The van der Waals surface area contributed by atoms with E-state index in [4.69, 9.17) is 11.5 Å². The topological polar surface area (TPSA) is 66.4 Å². The van der Waals surface area contributed by atoms with Crippen molar-refractivity contribution in [1.82, 2.24) is 0 Å². The van der Waals surface area contributed by atoms with E-state index in [0.717, 1.165) is 5.56 Å². The molecule has 0 fully saturated rings. The third-order valence-corrected chi connectivity index (χ3v) is 1.97. The number of carboxylic acid groups (broad SMARTS) is 1. The van der Waals surface area contributed by atoms with Gasteiger partial charge in [-0.1, -0.05) is 12.1 Å². The first-order valence-electron chi connectivity index (χ1n) is 4.70. The largest absolute Gasteiger partial charge is 0.481 e. The second kappa shape index (κ2) is 5.56. The summed E-state index contributed by atoms with van der Waals surface area (Å²) in [6.45, 7) is 0. The van der Waals surface area contributed by atoms with Crippen molar-refractivity contribution in [2.75, 3.05) is 5.32 Å². The maximum atomic E-state index is 10.9. The van der Waals surface area contributed by atoms with Crippen molar-refractivity contribution in [2.45, 2.75) is 12.8 Å². The number of rotatable bonds is 4. The maximum Gasteiger partial charge on any atom is 0.303 e. The number of benzene rings is 1. The summed E-state index contributed by atoms with van der Waals surface area (Å²) in [5, 5.41) is 11.0. The van der Waals surface area contributed by atoms with Crippen LogP contribution in [0, 0.1) is 12.3 Å². The summed E-state index contributed by atoms with van der Waals surface area (Å²) in [4.78, 5) is 21.2. The SMILES string of the molecule is C#CC(=O)Nc1ccc(CCC(=O)O)cc1. The van der Waals surface area contributed by atoms with Crippen LogP contribution in [0.1, 0.15) is 12.0 Å². The Morgan fingerprint density at radius 3 is 2.44 bits per heavy atom. The highest BCUT2D eigenvalue weighted by atomic mass is 16.4. The Morgan fingerprint density at radius 1 is 1.31 bits per heavy atom. The molecule has 1 aromatic rings. The fourth-order valence-corrected chi connectivity index (χ4v) is 1.17. The zero-order valence-electron chi connectivity index (χ0n) is 8.56. The third-order valence-electron chi connectivity index (χ3n) is 1.97. The first-order valence-corrected chi connectivity index (χ1v) is 4.70. The van der Waals surface area contributed by atoms with Crippen LogP contribution in [0.3, 0.4) is 0 Å². The minimum absolute atomic E-state index is 0.0933. The number of terminal acetylenes is 1. The lowest BCUT2D eigenvalue weighted by Gasteiger charge is -2.02. The summed E-state index contributed by atoms with van der Waals surface area (Å²) < 4.78 is 0. The molecule has 0 heterocycles. The van der Waals surface area contributed by atoms with Crippen LogP contribution in [-0.4, -0.2) is 17.0 Å². The van der Waals surface area contributed by atoms with Gasteiger partial charge in [0.25, 0.3) is 5.91 Å². The normalized spacial score (nSPS) is 9.19. The van der Waals surface area contributed by atoms with Crippen molar-refractivity contribution < 1.29 is 14.7 Å². The Labute approximate surface area is 93.3 Å². The molecule has 82 valence electrons. The smallest absolute Gasteiger partial charge is 0.303 e. The van der Waals surface area contributed by atoms with Crippen molar-refractivity contribution >= 4 is 17.6 Å². The van der Waals surface area contributed by atoms with Gasteiger partial charge in [0.05, 0.1) is 0 Å². The molecule has 1 amide bonds. The standard InChI is InChI=1S/C12H11NO3/c1-2-11(14)13-10-6-3-9(4-7-10)5-8-12(15)16/h1,3-4,6-7H,5,8H2,(H,13,14)(H,15,16). The number of carboxylic acids is 1. The van der Waals surface area contributed by atoms with Crippen molar-refractivity contribution in [3.8, 4) is 12.3 Å². The number of aliphatic carboxylic acids is 1. The van der Waals surface area contributed by atoms with Crippen molar-refractivity contribution in [3.63, 3.8) is 0 Å². The molecule has 0 aliphatic rings. The summed E-state index contributed by atoms with van der Waals surface area (Å²) in [5.74, 6) is 0.610. The highest BCUT2D eigenvalue weighted by Gasteiger charge is 2.00. The average Bonchev–Trinajstić information content (AvgIpc) is 2.28. The molecule has 0 bridgehead atoms. The number of nitrogens with one attached hydrogen (secondary N) is 1. The van der Waals surface area contributed by atoms with E-state index >= 15 is 0 Å². The minimum Gasteiger partial charge on any atom is -0.481 e. The van der Waals surface area contributed by atoms with E-state index in [9.17, 15) is 9.59 Å². The van der Waals surface area contributed by atoms with Crippen molar-refractivity contribution in [3.05, 3.63) is 29.8 Å². The first-order chi connectivity index (χ1) is 7.61. The number of carbonyl (C=O) groups excluding carboxylic acids is 1. The fourth-order valence-electron chi connectivity index (χ4n) is 1.17. The van der Waals surface area contributed by atoms with Crippen molar-refractivity contribution in [1.29, 1.82) is 0 Å². The van der Waals surface area contributed by atoms with E-state index in [0.29, 0.717) is 12.1 Å². The molecule has 0 unspecified atom stereocenters. The van der Waals surface area contributed by atoms with E-state index in [1.807, 2.05) is 5.92 Å². The molecule has 2 N–H and O–H groups in total. The number of carbonyl (C=O) groups is 2. The molecule has 4 nitrogen and oxygen atoms in total. The molecular weight excluding hydrogens is 206 g/mol. The predicted molar refractivity (Wildman–Crippen MR) is 59.9 cm³/mol. The highest BCUT2D eigenvalue weighted by molar-refractivity contribution is 6.03. The molecule has 1 rings (SSSR count). The van der Waals surface area contributed by atoms with Gasteiger partial charge in [-0.25, -0.2) is 0 Å². The number of hydrogen-bond acceptors (Lipinski definition) is 2. The zero-order chi connectivity index (χ0) is 12.0. The first kappa shape index (κ1) is 11.8. The predicted octanol–water partition coefficient (Wildman–Crippen LogP) is 1.28. The lowest BCUT2D eigenvalue weighted by atomic mass is 10.1. The van der Waals surface area contributed by atoms with Crippen LogP contribution in [0.2, 0.25) is 0 Å². The lowest BCUT2D eigenvalue weighted by molar-refractivity contribution is -0.137. The second-order valence-corrected chi connectivity index (χ2v) is 3.19. The van der Waals surface area contributed by atoms with Crippen molar-refractivity contribution in [2.24, 2.45) is 0 Å². The van der Waals surface area contributed by atoms with E-state index in [1.54, 1.807) is 24.3 Å². The molecule has 16 heavy (non-hydrogen) atoms. The van der Waals surface area contributed by atoms with Crippen LogP contribution in [0.25, 0.3) is 0 Å². The van der Waals surface area contributed by atoms with Gasteiger partial charge in [0.2, 0.25) is 0 Å². The van der Waals surface area contributed by atoms with Gasteiger partial charge in [-0.2, -0.15) is 0 Å². The van der Waals surface area contributed by atoms with Crippen LogP contribution in [0.15, 0.2) is 24.3 Å². The Hall–Kier alpha value is -2.28. The molecule has 4 heteroatoms. The molecule has 0 saturated carbocycles. The lowest BCUT2D eigenvalue weighted by Crippen LogP contribution is -2.07. The van der Waals surface area contributed by atoms with Gasteiger partial charge >= 0.3 is 5.97 Å². The van der Waals surface area contributed by atoms with Gasteiger partial charge in [-0.15, -0.1) is 6.42 Å². The van der Waals surface area contributed by atoms with Crippen LogP contribution < -0.4 is 5.32 Å². The molecule has 1 aromatic carbocycles. The Kier molecular flexibility index (Phi) is 4.10. The summed E-state index contributed by atoms with van der Waals surface area (Å²) in [5.41, 5.74) is 1.50. The fraction of sp³-hybridized carbons (Fsp3) is 0.167. The average molecular weight is 217 g/mol. The summed E-state index contributed by atoms with van der Waals surface area (Å²) in [7, 11) is 0. The summed E-state index contributed by atoms with van der Waals surface area (Å²) in [6, 6.07) is 6.89. The Bertz CT molecular complexity index is 429.